The van der Waals surface area contributed by atoms with Crippen LogP contribution in [0, 0.1) is 0 Å². The first-order valence-corrected chi connectivity index (χ1v) is 10.3. The SMILES string of the molecule is NC(=O)c1sc2nc3c(c(-c4ccc(OCCO)cc4)c2c1N)CCCCC3. The second-order valence-electron chi connectivity index (χ2n) is 6.96. The predicted molar refractivity (Wildman–Crippen MR) is 112 cm³/mol. The first-order chi connectivity index (χ1) is 13.6. The Kier molecular flexibility index (Phi) is 5.19. The highest BCUT2D eigenvalue weighted by molar-refractivity contribution is 7.21. The van der Waals surface area contributed by atoms with Crippen LogP contribution in [-0.2, 0) is 12.8 Å². The van der Waals surface area contributed by atoms with Gasteiger partial charge in [0.05, 0.1) is 12.3 Å². The number of hydrogen-bond donors (Lipinski definition) is 3. The minimum Gasteiger partial charge on any atom is -0.491 e. The van der Waals surface area contributed by atoms with Gasteiger partial charge in [-0.05, 0) is 54.5 Å². The summed E-state index contributed by atoms with van der Waals surface area (Å²) in [6.45, 7) is 0.231. The Balaban J connectivity index is 1.94. The number of aliphatic hydroxyl groups is 1. The summed E-state index contributed by atoms with van der Waals surface area (Å²) in [6, 6.07) is 7.76. The van der Waals surface area contributed by atoms with E-state index in [1.165, 1.54) is 23.3 Å². The number of nitrogens with two attached hydrogens (primary N) is 2. The first-order valence-electron chi connectivity index (χ1n) is 9.47. The number of pyridine rings is 1. The maximum atomic E-state index is 11.8. The Morgan fingerprint density at radius 1 is 1.18 bits per heavy atom. The van der Waals surface area contributed by atoms with E-state index in [1.54, 1.807) is 0 Å². The van der Waals surface area contributed by atoms with Crippen molar-refractivity contribution in [2.24, 2.45) is 5.73 Å². The van der Waals surface area contributed by atoms with Crippen LogP contribution in [0.1, 0.15) is 40.2 Å². The van der Waals surface area contributed by atoms with E-state index in [-0.39, 0.29) is 13.2 Å². The summed E-state index contributed by atoms with van der Waals surface area (Å²) in [4.78, 5) is 17.8. The number of aliphatic hydroxyl groups excluding tert-OH is 1. The van der Waals surface area contributed by atoms with Crippen molar-refractivity contribution in [1.29, 1.82) is 0 Å². The highest BCUT2D eigenvalue weighted by Gasteiger charge is 2.24. The fourth-order valence-corrected chi connectivity index (χ4v) is 4.84. The lowest BCUT2D eigenvalue weighted by Gasteiger charge is -2.15. The molecule has 1 aliphatic rings. The Bertz CT molecular complexity index is 1030. The topological polar surface area (TPSA) is 111 Å². The molecule has 0 bridgehead atoms. The van der Waals surface area contributed by atoms with Gasteiger partial charge in [-0.1, -0.05) is 18.6 Å². The maximum Gasteiger partial charge on any atom is 0.260 e. The third-order valence-electron chi connectivity index (χ3n) is 5.13. The van der Waals surface area contributed by atoms with Gasteiger partial charge in [-0.2, -0.15) is 0 Å². The summed E-state index contributed by atoms with van der Waals surface area (Å²) in [7, 11) is 0. The van der Waals surface area contributed by atoms with Gasteiger partial charge in [-0.3, -0.25) is 4.79 Å². The number of benzene rings is 1. The first kappa shape index (κ1) is 18.7. The number of anilines is 1. The molecule has 5 N–H and O–H groups in total. The van der Waals surface area contributed by atoms with Crippen molar-refractivity contribution in [3.8, 4) is 16.9 Å². The Morgan fingerprint density at radius 3 is 2.64 bits per heavy atom. The summed E-state index contributed by atoms with van der Waals surface area (Å²) in [5.41, 5.74) is 16.7. The number of rotatable bonds is 5. The summed E-state index contributed by atoms with van der Waals surface area (Å²) in [5, 5.41) is 9.76. The molecule has 0 unspecified atom stereocenters. The van der Waals surface area contributed by atoms with Crippen LogP contribution in [0.25, 0.3) is 21.3 Å². The van der Waals surface area contributed by atoms with E-state index < -0.39 is 5.91 Å². The number of ether oxygens (including phenoxy) is 1. The number of thiophene rings is 1. The Morgan fingerprint density at radius 2 is 1.93 bits per heavy atom. The maximum absolute atomic E-state index is 11.8. The molecule has 7 heteroatoms. The van der Waals surface area contributed by atoms with Gasteiger partial charge in [0.2, 0.25) is 0 Å². The molecule has 0 radical (unpaired) electrons. The van der Waals surface area contributed by atoms with Crippen LogP contribution < -0.4 is 16.2 Å². The van der Waals surface area contributed by atoms with Gasteiger partial charge >= 0.3 is 0 Å². The van der Waals surface area contributed by atoms with Gasteiger partial charge in [0.25, 0.3) is 5.91 Å². The van der Waals surface area contributed by atoms with E-state index in [2.05, 4.69) is 0 Å². The van der Waals surface area contributed by atoms with Crippen LogP contribution >= 0.6 is 11.3 Å². The number of aromatic nitrogens is 1. The molecule has 146 valence electrons. The van der Waals surface area contributed by atoms with E-state index in [9.17, 15) is 4.79 Å². The minimum absolute atomic E-state index is 0.0262. The van der Waals surface area contributed by atoms with E-state index in [0.29, 0.717) is 16.3 Å². The van der Waals surface area contributed by atoms with Gasteiger partial charge in [0, 0.05) is 11.1 Å². The average Bonchev–Trinajstić information content (AvgIpc) is 2.87. The van der Waals surface area contributed by atoms with Crippen molar-refractivity contribution in [1.82, 2.24) is 4.98 Å². The molecule has 0 saturated carbocycles. The third-order valence-corrected chi connectivity index (χ3v) is 6.24. The smallest absolute Gasteiger partial charge is 0.260 e. The molecule has 0 spiro atoms. The second-order valence-corrected chi connectivity index (χ2v) is 7.96. The highest BCUT2D eigenvalue weighted by Crippen LogP contribution is 2.43. The summed E-state index contributed by atoms with van der Waals surface area (Å²) in [6.07, 6.45) is 5.27. The highest BCUT2D eigenvalue weighted by atomic mass is 32.1. The van der Waals surface area contributed by atoms with E-state index in [1.807, 2.05) is 24.3 Å². The predicted octanol–water partition coefficient (Wildman–Crippen LogP) is 3.28. The minimum atomic E-state index is -0.519. The van der Waals surface area contributed by atoms with Gasteiger partial charge in [-0.25, -0.2) is 4.98 Å². The molecule has 28 heavy (non-hydrogen) atoms. The molecule has 0 saturated heterocycles. The van der Waals surface area contributed by atoms with Crippen molar-refractivity contribution < 1.29 is 14.6 Å². The molecule has 3 aromatic rings. The van der Waals surface area contributed by atoms with Gasteiger partial charge in [-0.15, -0.1) is 11.3 Å². The zero-order chi connectivity index (χ0) is 19.7. The third kappa shape index (κ3) is 3.31. The van der Waals surface area contributed by atoms with Gasteiger partial charge in [0.1, 0.15) is 22.1 Å². The van der Waals surface area contributed by atoms with E-state index in [0.717, 1.165) is 52.7 Å². The van der Waals surface area contributed by atoms with E-state index >= 15 is 0 Å². The molecule has 2 heterocycles. The molecule has 0 atom stereocenters. The summed E-state index contributed by atoms with van der Waals surface area (Å²) in [5.74, 6) is 0.180. The van der Waals surface area contributed by atoms with Gasteiger partial charge < -0.3 is 21.3 Å². The quantitative estimate of drug-likeness (QED) is 0.572. The molecule has 0 aliphatic heterocycles. The van der Waals surface area contributed by atoms with Crippen molar-refractivity contribution >= 4 is 33.1 Å². The lowest BCUT2D eigenvalue weighted by Crippen LogP contribution is -2.10. The second kappa shape index (κ2) is 7.77. The molecular weight excluding hydrogens is 374 g/mol. The fourth-order valence-electron chi connectivity index (χ4n) is 3.87. The zero-order valence-corrected chi connectivity index (χ0v) is 16.3. The van der Waals surface area contributed by atoms with Crippen LogP contribution in [0.2, 0.25) is 0 Å². The molecule has 2 aromatic heterocycles. The van der Waals surface area contributed by atoms with Crippen molar-refractivity contribution in [3.05, 3.63) is 40.4 Å². The van der Waals surface area contributed by atoms with Crippen LogP contribution in [0.15, 0.2) is 24.3 Å². The number of primary amides is 1. The van der Waals surface area contributed by atoms with Gasteiger partial charge in [0.15, 0.2) is 0 Å². The van der Waals surface area contributed by atoms with Crippen molar-refractivity contribution in [2.45, 2.75) is 32.1 Å². The largest absolute Gasteiger partial charge is 0.491 e. The number of nitrogens with zero attached hydrogens (tertiary/aromatic N) is 1. The Labute approximate surface area is 167 Å². The monoisotopic (exact) mass is 397 g/mol. The van der Waals surface area contributed by atoms with E-state index in [4.69, 9.17) is 26.3 Å². The number of carbonyl (C=O) groups is 1. The lowest BCUT2D eigenvalue weighted by atomic mass is 9.92. The number of amides is 1. The van der Waals surface area contributed by atoms with Crippen molar-refractivity contribution in [3.63, 3.8) is 0 Å². The number of fused-ring (bicyclic) bond motifs is 2. The number of carbonyl (C=O) groups excluding carboxylic acids is 1. The van der Waals surface area contributed by atoms with Crippen LogP contribution in [0.3, 0.4) is 0 Å². The lowest BCUT2D eigenvalue weighted by molar-refractivity contribution is 0.100. The van der Waals surface area contributed by atoms with Crippen LogP contribution in [-0.4, -0.2) is 29.2 Å². The molecule has 4 rings (SSSR count). The number of hydrogen-bond acceptors (Lipinski definition) is 6. The molecular formula is C21H23N3O3S. The summed E-state index contributed by atoms with van der Waals surface area (Å²) < 4.78 is 5.48. The molecule has 0 fully saturated rings. The van der Waals surface area contributed by atoms with Crippen LogP contribution in [0.5, 0.6) is 5.75 Å². The van der Waals surface area contributed by atoms with Crippen molar-refractivity contribution in [2.75, 3.05) is 18.9 Å². The summed E-state index contributed by atoms with van der Waals surface area (Å²) >= 11 is 1.27. The average molecular weight is 398 g/mol. The number of aryl methyl sites for hydroxylation is 1. The molecule has 6 nitrogen and oxygen atoms in total. The van der Waals surface area contributed by atoms with Crippen LogP contribution in [0.4, 0.5) is 5.69 Å². The zero-order valence-electron chi connectivity index (χ0n) is 15.5. The standard InChI is InChI=1S/C21H23N3O3S/c22-18-17-16(12-6-8-13(9-7-12)27-11-10-25)14-4-2-1-3-5-15(14)24-21(17)28-19(18)20(23)26/h6-9,25H,1-5,10-11,22H2,(H2,23,26). The molecule has 1 aliphatic carbocycles. The normalized spacial score (nSPS) is 13.9. The fraction of sp³-hybridized carbons (Fsp3) is 0.333. The Hall–Kier alpha value is -2.64. The number of nitrogen functional groups attached to an aromatic ring is 1. The molecule has 1 aromatic carbocycles. The molecule has 1 amide bonds.